The van der Waals surface area contributed by atoms with Gasteiger partial charge in [0.05, 0.1) is 6.42 Å². The average molecular weight is 212 g/mol. The van der Waals surface area contributed by atoms with Crippen LogP contribution in [0.4, 0.5) is 0 Å². The van der Waals surface area contributed by atoms with Gasteiger partial charge in [-0.3, -0.25) is 4.79 Å². The third-order valence-corrected chi connectivity index (χ3v) is 2.50. The zero-order valence-electron chi connectivity index (χ0n) is 7.60. The molecular weight excluding hydrogens is 200 g/mol. The minimum atomic E-state index is -0.351. The number of nitrogens with one attached hydrogen (secondary N) is 1. The van der Waals surface area contributed by atoms with Crippen molar-refractivity contribution in [2.45, 2.75) is 11.3 Å². The van der Waals surface area contributed by atoms with E-state index in [0.29, 0.717) is 12.2 Å². The second-order valence-corrected chi connectivity index (χ2v) is 3.67. The number of hydrogen-bond donors (Lipinski definition) is 2. The lowest BCUT2D eigenvalue weighted by molar-refractivity contribution is -0.150. The van der Waals surface area contributed by atoms with Gasteiger partial charge in [0.15, 0.2) is 0 Å². The van der Waals surface area contributed by atoms with E-state index >= 15 is 0 Å². The summed E-state index contributed by atoms with van der Waals surface area (Å²) in [6.45, 7) is 0. The lowest BCUT2D eigenvalue weighted by atomic mass is 10.4. The Kier molecular flexibility index (Phi) is 5.06. The van der Waals surface area contributed by atoms with Crippen LogP contribution >= 0.6 is 11.8 Å². The van der Waals surface area contributed by atoms with E-state index in [1.54, 1.807) is 11.8 Å². The van der Waals surface area contributed by atoms with Crippen molar-refractivity contribution >= 4 is 17.7 Å². The Bertz CT molecular complexity index is 279. The van der Waals surface area contributed by atoms with Gasteiger partial charge in [0.1, 0.15) is 0 Å². The van der Waals surface area contributed by atoms with Crippen LogP contribution in [0.1, 0.15) is 6.42 Å². The van der Waals surface area contributed by atoms with E-state index in [-0.39, 0.29) is 5.97 Å². The number of thioether (sulfide) groups is 1. The van der Waals surface area contributed by atoms with Gasteiger partial charge in [-0.05, 0) is 12.1 Å². The first kappa shape index (κ1) is 11.0. The van der Waals surface area contributed by atoms with Crippen molar-refractivity contribution in [2.24, 2.45) is 5.84 Å². The Labute approximate surface area is 86.7 Å². The van der Waals surface area contributed by atoms with Gasteiger partial charge in [0.2, 0.25) is 0 Å². The zero-order chi connectivity index (χ0) is 10.2. The van der Waals surface area contributed by atoms with Crippen LogP contribution in [-0.2, 0) is 9.63 Å². The molecule has 0 radical (unpaired) electrons. The Hall–Kier alpha value is -1.04. The van der Waals surface area contributed by atoms with Crippen molar-refractivity contribution in [3.63, 3.8) is 0 Å². The molecule has 0 aliphatic rings. The third kappa shape index (κ3) is 4.27. The average Bonchev–Trinajstić information content (AvgIpc) is 2.20. The molecule has 0 spiro atoms. The second-order valence-electron chi connectivity index (χ2n) is 2.50. The van der Waals surface area contributed by atoms with Crippen LogP contribution < -0.4 is 11.4 Å². The molecule has 0 aliphatic carbocycles. The molecule has 0 unspecified atom stereocenters. The number of hydrazine groups is 1. The van der Waals surface area contributed by atoms with E-state index in [1.165, 1.54) is 0 Å². The summed E-state index contributed by atoms with van der Waals surface area (Å²) in [6, 6.07) is 9.87. The standard InChI is InChI=1S/C9H12N2O2S/c10-11-13-9(12)6-7-14-8-4-2-1-3-5-8/h1-5,11H,6-7,10H2. The van der Waals surface area contributed by atoms with Crippen molar-refractivity contribution in [3.8, 4) is 0 Å². The Morgan fingerprint density at radius 2 is 2.14 bits per heavy atom. The van der Waals surface area contributed by atoms with Crippen LogP contribution in [0.15, 0.2) is 35.2 Å². The molecule has 1 aromatic carbocycles. The van der Waals surface area contributed by atoms with Gasteiger partial charge in [-0.2, -0.15) is 0 Å². The molecule has 76 valence electrons. The van der Waals surface area contributed by atoms with E-state index in [1.807, 2.05) is 35.9 Å². The molecule has 14 heavy (non-hydrogen) atoms. The summed E-state index contributed by atoms with van der Waals surface area (Å²) in [6.07, 6.45) is 0.337. The van der Waals surface area contributed by atoms with Crippen molar-refractivity contribution in [3.05, 3.63) is 30.3 Å². The van der Waals surface area contributed by atoms with Gasteiger partial charge in [0, 0.05) is 10.6 Å². The summed E-state index contributed by atoms with van der Waals surface area (Å²) in [4.78, 5) is 16.4. The van der Waals surface area contributed by atoms with Crippen molar-refractivity contribution in [2.75, 3.05) is 5.75 Å². The monoisotopic (exact) mass is 212 g/mol. The lowest BCUT2D eigenvalue weighted by Gasteiger charge is -2.01. The quantitative estimate of drug-likeness (QED) is 0.434. The molecule has 4 nitrogen and oxygen atoms in total. The number of carbonyl (C=O) groups is 1. The molecule has 0 amide bonds. The van der Waals surface area contributed by atoms with Crippen LogP contribution in [-0.4, -0.2) is 11.7 Å². The molecule has 5 heteroatoms. The van der Waals surface area contributed by atoms with E-state index in [0.717, 1.165) is 4.90 Å². The predicted molar refractivity (Wildman–Crippen MR) is 55.2 cm³/mol. The fraction of sp³-hybridized carbons (Fsp3) is 0.222. The smallest absolute Gasteiger partial charge is 0.327 e. The van der Waals surface area contributed by atoms with Crippen molar-refractivity contribution < 1.29 is 9.63 Å². The maximum Gasteiger partial charge on any atom is 0.327 e. The van der Waals surface area contributed by atoms with Crippen molar-refractivity contribution in [1.29, 1.82) is 0 Å². The molecule has 0 atom stereocenters. The Morgan fingerprint density at radius 1 is 1.43 bits per heavy atom. The van der Waals surface area contributed by atoms with E-state index in [2.05, 4.69) is 4.84 Å². The Balaban J connectivity index is 2.19. The number of carbonyl (C=O) groups excluding carboxylic acids is 1. The maximum atomic E-state index is 10.9. The summed E-state index contributed by atoms with van der Waals surface area (Å²) >= 11 is 1.61. The van der Waals surface area contributed by atoms with Gasteiger partial charge in [0.25, 0.3) is 0 Å². The highest BCUT2D eigenvalue weighted by molar-refractivity contribution is 7.99. The largest absolute Gasteiger partial charge is 0.356 e. The van der Waals surface area contributed by atoms with Crippen molar-refractivity contribution in [1.82, 2.24) is 5.59 Å². The molecule has 0 saturated carbocycles. The summed E-state index contributed by atoms with van der Waals surface area (Å²) in [5, 5.41) is 0. The number of benzene rings is 1. The fourth-order valence-corrected chi connectivity index (χ4v) is 1.74. The topological polar surface area (TPSA) is 64.3 Å². The molecule has 1 rings (SSSR count). The van der Waals surface area contributed by atoms with Gasteiger partial charge in [-0.25, -0.2) is 5.84 Å². The Morgan fingerprint density at radius 3 is 2.79 bits per heavy atom. The summed E-state index contributed by atoms with van der Waals surface area (Å²) in [5.74, 6) is 5.15. The molecule has 0 fully saturated rings. The van der Waals surface area contributed by atoms with E-state index in [4.69, 9.17) is 5.84 Å². The SMILES string of the molecule is NNOC(=O)CCSc1ccccc1. The van der Waals surface area contributed by atoms with Crippen LogP contribution in [0.25, 0.3) is 0 Å². The number of nitrogens with two attached hydrogens (primary N) is 1. The van der Waals surface area contributed by atoms with E-state index < -0.39 is 0 Å². The lowest BCUT2D eigenvalue weighted by Crippen LogP contribution is -2.26. The second kappa shape index (κ2) is 6.42. The first-order chi connectivity index (χ1) is 6.83. The van der Waals surface area contributed by atoms with Gasteiger partial charge in [-0.15, -0.1) is 11.8 Å². The van der Waals surface area contributed by atoms with Crippen LogP contribution in [0.2, 0.25) is 0 Å². The number of hydrogen-bond acceptors (Lipinski definition) is 5. The molecule has 3 N–H and O–H groups in total. The highest BCUT2D eigenvalue weighted by Crippen LogP contribution is 2.17. The maximum absolute atomic E-state index is 10.9. The molecule has 0 aromatic heterocycles. The first-order valence-electron chi connectivity index (χ1n) is 4.16. The molecule has 1 aromatic rings. The molecule has 0 bridgehead atoms. The third-order valence-electron chi connectivity index (χ3n) is 1.49. The molecule has 0 aliphatic heterocycles. The van der Waals surface area contributed by atoms with Crippen LogP contribution in [0.3, 0.4) is 0 Å². The highest BCUT2D eigenvalue weighted by atomic mass is 32.2. The predicted octanol–water partition coefficient (Wildman–Crippen LogP) is 1.09. The first-order valence-corrected chi connectivity index (χ1v) is 5.14. The van der Waals surface area contributed by atoms with Gasteiger partial charge >= 0.3 is 5.97 Å². The molecule has 0 saturated heterocycles. The van der Waals surface area contributed by atoms with Gasteiger partial charge < -0.3 is 4.84 Å². The fourth-order valence-electron chi connectivity index (χ4n) is 0.886. The molecule has 0 heterocycles. The van der Waals surface area contributed by atoms with E-state index in [9.17, 15) is 4.79 Å². The summed E-state index contributed by atoms with van der Waals surface area (Å²) < 4.78 is 0. The van der Waals surface area contributed by atoms with Crippen LogP contribution in [0, 0.1) is 0 Å². The van der Waals surface area contributed by atoms with Gasteiger partial charge in [-0.1, -0.05) is 23.8 Å². The van der Waals surface area contributed by atoms with Crippen LogP contribution in [0.5, 0.6) is 0 Å². The summed E-state index contributed by atoms with van der Waals surface area (Å²) in [7, 11) is 0. The normalized spacial score (nSPS) is 9.79. The highest BCUT2D eigenvalue weighted by Gasteiger charge is 2.01. The zero-order valence-corrected chi connectivity index (χ0v) is 8.42. The summed E-state index contributed by atoms with van der Waals surface area (Å²) in [5.41, 5.74) is 1.86. The number of rotatable bonds is 5. The minimum absolute atomic E-state index is 0.337. The molecular formula is C9H12N2O2S. The minimum Gasteiger partial charge on any atom is -0.356 e.